The van der Waals surface area contributed by atoms with Crippen molar-refractivity contribution in [3.8, 4) is 0 Å². The number of rotatable bonds is 4. The molecule has 1 fully saturated rings. The summed E-state index contributed by atoms with van der Waals surface area (Å²) < 4.78 is 0. The first-order valence-corrected chi connectivity index (χ1v) is 6.14. The van der Waals surface area contributed by atoms with Crippen molar-refractivity contribution in [2.45, 2.75) is 25.3 Å². The Balaban J connectivity index is 2.13. The maximum Gasteiger partial charge on any atom is 0.317 e. The van der Waals surface area contributed by atoms with Crippen LogP contribution in [0.3, 0.4) is 0 Å². The number of hydrogen-bond acceptors (Lipinski definition) is 2. The van der Waals surface area contributed by atoms with E-state index in [2.05, 4.69) is 11.6 Å². The third kappa shape index (κ3) is 3.46. The van der Waals surface area contributed by atoms with Gasteiger partial charge in [-0.2, -0.15) is 11.8 Å². The van der Waals surface area contributed by atoms with E-state index >= 15 is 0 Å². The van der Waals surface area contributed by atoms with Gasteiger partial charge in [0.05, 0.1) is 0 Å². The SMILES string of the molecule is CSCCN(C)C(=O)NC1CCC1. The standard InChI is InChI=1S/C9H18N2OS/c1-11(6-7-13-2)9(12)10-8-4-3-5-8/h8H,3-7H2,1-2H3,(H,10,12). The molecule has 4 heteroatoms. The average molecular weight is 202 g/mol. The van der Waals surface area contributed by atoms with E-state index in [0.717, 1.165) is 25.1 Å². The molecule has 1 N–H and O–H groups in total. The summed E-state index contributed by atoms with van der Waals surface area (Å²) in [7, 11) is 1.85. The Morgan fingerprint density at radius 1 is 1.62 bits per heavy atom. The molecule has 1 rings (SSSR count). The molecular weight excluding hydrogens is 184 g/mol. The number of amides is 2. The van der Waals surface area contributed by atoms with Gasteiger partial charge in [-0.1, -0.05) is 0 Å². The van der Waals surface area contributed by atoms with Gasteiger partial charge in [0.25, 0.3) is 0 Å². The number of carbonyl (C=O) groups is 1. The first kappa shape index (κ1) is 10.7. The zero-order chi connectivity index (χ0) is 9.68. The van der Waals surface area contributed by atoms with Crippen LogP contribution in [-0.2, 0) is 0 Å². The van der Waals surface area contributed by atoms with Crippen molar-refractivity contribution < 1.29 is 4.79 Å². The minimum atomic E-state index is 0.0822. The van der Waals surface area contributed by atoms with Crippen LogP contribution in [0.4, 0.5) is 4.79 Å². The highest BCUT2D eigenvalue weighted by molar-refractivity contribution is 7.98. The van der Waals surface area contributed by atoms with E-state index in [0.29, 0.717) is 6.04 Å². The van der Waals surface area contributed by atoms with Crippen LogP contribution in [0.25, 0.3) is 0 Å². The predicted octanol–water partition coefficient (Wildman–Crippen LogP) is 1.54. The van der Waals surface area contributed by atoms with E-state index in [-0.39, 0.29) is 6.03 Å². The van der Waals surface area contributed by atoms with Gasteiger partial charge >= 0.3 is 6.03 Å². The fourth-order valence-corrected chi connectivity index (χ4v) is 1.62. The van der Waals surface area contributed by atoms with Gasteiger partial charge < -0.3 is 10.2 Å². The number of hydrogen-bond donors (Lipinski definition) is 1. The molecule has 0 aromatic carbocycles. The molecule has 0 spiro atoms. The molecule has 0 atom stereocenters. The zero-order valence-corrected chi connectivity index (χ0v) is 9.19. The molecule has 1 saturated carbocycles. The van der Waals surface area contributed by atoms with Gasteiger partial charge in [0.15, 0.2) is 0 Å². The second-order valence-corrected chi connectivity index (χ2v) is 4.48. The quantitative estimate of drug-likeness (QED) is 0.750. The van der Waals surface area contributed by atoms with Gasteiger partial charge in [-0.3, -0.25) is 0 Å². The van der Waals surface area contributed by atoms with Gasteiger partial charge in [0.2, 0.25) is 0 Å². The molecule has 0 bridgehead atoms. The van der Waals surface area contributed by atoms with E-state index in [1.165, 1.54) is 6.42 Å². The Labute approximate surface area is 84.2 Å². The molecule has 0 heterocycles. The third-order valence-electron chi connectivity index (χ3n) is 2.41. The normalized spacial score (nSPS) is 16.5. The predicted molar refractivity (Wildman–Crippen MR) is 57.2 cm³/mol. The summed E-state index contributed by atoms with van der Waals surface area (Å²) in [5, 5.41) is 3.00. The molecule has 13 heavy (non-hydrogen) atoms. The highest BCUT2D eigenvalue weighted by Crippen LogP contribution is 2.18. The van der Waals surface area contributed by atoms with Gasteiger partial charge in [0.1, 0.15) is 0 Å². The Bertz CT molecular complexity index is 171. The van der Waals surface area contributed by atoms with Crippen molar-refractivity contribution in [2.24, 2.45) is 0 Å². The molecule has 1 aliphatic carbocycles. The van der Waals surface area contributed by atoms with Gasteiger partial charge in [-0.15, -0.1) is 0 Å². The third-order valence-corrected chi connectivity index (χ3v) is 3.00. The Morgan fingerprint density at radius 3 is 2.77 bits per heavy atom. The molecule has 0 aromatic rings. The van der Waals surface area contributed by atoms with E-state index < -0.39 is 0 Å². The summed E-state index contributed by atoms with van der Waals surface area (Å²) in [5.74, 6) is 1.01. The van der Waals surface area contributed by atoms with Crippen LogP contribution < -0.4 is 5.32 Å². The first-order valence-electron chi connectivity index (χ1n) is 4.74. The molecule has 0 saturated heterocycles. The zero-order valence-electron chi connectivity index (χ0n) is 8.38. The number of carbonyl (C=O) groups excluding carboxylic acids is 1. The maximum absolute atomic E-state index is 11.5. The number of nitrogens with one attached hydrogen (secondary N) is 1. The molecule has 1 aliphatic rings. The molecule has 0 unspecified atom stereocenters. The lowest BCUT2D eigenvalue weighted by Gasteiger charge is -2.29. The lowest BCUT2D eigenvalue weighted by atomic mass is 9.93. The summed E-state index contributed by atoms with van der Waals surface area (Å²) in [6.07, 6.45) is 5.63. The molecule has 3 nitrogen and oxygen atoms in total. The largest absolute Gasteiger partial charge is 0.335 e. The number of urea groups is 1. The van der Waals surface area contributed by atoms with Crippen LogP contribution in [0.5, 0.6) is 0 Å². The van der Waals surface area contributed by atoms with Crippen molar-refractivity contribution in [3.63, 3.8) is 0 Å². The lowest BCUT2D eigenvalue weighted by molar-refractivity contribution is 0.199. The summed E-state index contributed by atoms with van der Waals surface area (Å²) in [6.45, 7) is 0.833. The molecule has 0 aliphatic heterocycles. The summed E-state index contributed by atoms with van der Waals surface area (Å²) >= 11 is 1.76. The van der Waals surface area contributed by atoms with Crippen LogP contribution in [0.15, 0.2) is 0 Å². The van der Waals surface area contributed by atoms with Gasteiger partial charge in [-0.25, -0.2) is 4.79 Å². The molecule has 76 valence electrons. The topological polar surface area (TPSA) is 32.3 Å². The van der Waals surface area contributed by atoms with Crippen LogP contribution in [0.1, 0.15) is 19.3 Å². The van der Waals surface area contributed by atoms with Crippen LogP contribution in [0.2, 0.25) is 0 Å². The Hall–Kier alpha value is -0.380. The fourth-order valence-electron chi connectivity index (χ4n) is 1.17. The monoisotopic (exact) mass is 202 g/mol. The van der Waals surface area contributed by atoms with Crippen molar-refractivity contribution in [1.29, 1.82) is 0 Å². The number of nitrogens with zero attached hydrogens (tertiary/aromatic N) is 1. The molecule has 2 amide bonds. The van der Waals surface area contributed by atoms with Crippen LogP contribution >= 0.6 is 11.8 Å². The van der Waals surface area contributed by atoms with E-state index in [1.54, 1.807) is 16.7 Å². The maximum atomic E-state index is 11.5. The highest BCUT2D eigenvalue weighted by Gasteiger charge is 2.20. The summed E-state index contributed by atoms with van der Waals surface area (Å²) in [5.41, 5.74) is 0. The van der Waals surface area contributed by atoms with Crippen molar-refractivity contribution >= 4 is 17.8 Å². The van der Waals surface area contributed by atoms with E-state index in [4.69, 9.17) is 0 Å². The smallest absolute Gasteiger partial charge is 0.317 e. The Morgan fingerprint density at radius 2 is 2.31 bits per heavy atom. The van der Waals surface area contributed by atoms with E-state index in [9.17, 15) is 4.79 Å². The summed E-state index contributed by atoms with van der Waals surface area (Å²) in [4.78, 5) is 13.2. The Kier molecular flexibility index (Phi) is 4.42. The second kappa shape index (κ2) is 5.37. The second-order valence-electron chi connectivity index (χ2n) is 3.49. The molecular formula is C9H18N2OS. The molecule has 0 radical (unpaired) electrons. The van der Waals surface area contributed by atoms with E-state index in [1.807, 2.05) is 7.05 Å². The van der Waals surface area contributed by atoms with Crippen LogP contribution in [-0.4, -0.2) is 42.6 Å². The molecule has 0 aromatic heterocycles. The minimum absolute atomic E-state index is 0.0822. The van der Waals surface area contributed by atoms with Crippen molar-refractivity contribution in [1.82, 2.24) is 10.2 Å². The summed E-state index contributed by atoms with van der Waals surface area (Å²) in [6, 6.07) is 0.531. The number of thioether (sulfide) groups is 1. The van der Waals surface area contributed by atoms with Gasteiger partial charge in [0, 0.05) is 25.4 Å². The highest BCUT2D eigenvalue weighted by atomic mass is 32.2. The van der Waals surface area contributed by atoms with Crippen molar-refractivity contribution in [2.75, 3.05) is 25.6 Å². The van der Waals surface area contributed by atoms with Crippen LogP contribution in [0, 0.1) is 0 Å². The fraction of sp³-hybridized carbons (Fsp3) is 0.889. The van der Waals surface area contributed by atoms with Gasteiger partial charge in [-0.05, 0) is 25.5 Å². The van der Waals surface area contributed by atoms with Crippen molar-refractivity contribution in [3.05, 3.63) is 0 Å². The lowest BCUT2D eigenvalue weighted by Crippen LogP contribution is -2.46. The minimum Gasteiger partial charge on any atom is -0.335 e. The first-order chi connectivity index (χ1) is 6.24. The average Bonchev–Trinajstić information content (AvgIpc) is 2.06.